The van der Waals surface area contributed by atoms with Crippen molar-refractivity contribution >= 4 is 11.6 Å². The van der Waals surface area contributed by atoms with Crippen LogP contribution in [0.2, 0.25) is 0 Å². The Bertz CT molecular complexity index is 812. The third-order valence-corrected chi connectivity index (χ3v) is 4.20. The maximum Gasteiger partial charge on any atom is 0.273 e. The van der Waals surface area contributed by atoms with Crippen LogP contribution >= 0.6 is 0 Å². The number of hydrogen-bond acceptors (Lipinski definition) is 3. The van der Waals surface area contributed by atoms with Gasteiger partial charge in [-0.1, -0.05) is 12.1 Å². The zero-order valence-corrected chi connectivity index (χ0v) is 12.1. The number of amides is 1. The Hall–Kier alpha value is -2.69. The van der Waals surface area contributed by atoms with E-state index in [9.17, 15) is 4.79 Å². The quantitative estimate of drug-likeness (QED) is 0.729. The normalized spacial score (nSPS) is 18.0. The molecule has 0 radical (unpaired) electrons. The van der Waals surface area contributed by atoms with Crippen molar-refractivity contribution in [3.8, 4) is 0 Å². The molecule has 1 atom stereocenters. The van der Waals surface area contributed by atoms with Gasteiger partial charge < -0.3 is 9.30 Å². The standard InChI is InChI=1S/C17H16N4O/c22-17(13-5-1-2-9-18-13)21-11-4-7-15(21)14-6-3-8-16-19-10-12-20(14)16/h1-3,5-6,8-10,12,15H,4,7,11H2/t15-/m0/s1. The fraction of sp³-hybridized carbons (Fsp3) is 0.235. The second kappa shape index (κ2) is 5.26. The molecular weight excluding hydrogens is 276 g/mol. The van der Waals surface area contributed by atoms with Crippen LogP contribution in [0.1, 0.15) is 35.1 Å². The van der Waals surface area contributed by atoms with Gasteiger partial charge >= 0.3 is 0 Å². The summed E-state index contributed by atoms with van der Waals surface area (Å²) in [5.74, 6) is 0.000202. The van der Waals surface area contributed by atoms with Gasteiger partial charge in [0.2, 0.25) is 0 Å². The van der Waals surface area contributed by atoms with Crippen molar-refractivity contribution in [1.29, 1.82) is 0 Å². The first-order valence-electron chi connectivity index (χ1n) is 7.48. The van der Waals surface area contributed by atoms with Crippen LogP contribution in [-0.4, -0.2) is 31.7 Å². The molecule has 0 unspecified atom stereocenters. The third kappa shape index (κ3) is 2.06. The van der Waals surface area contributed by atoms with Crippen LogP contribution in [0.25, 0.3) is 5.65 Å². The maximum absolute atomic E-state index is 12.7. The van der Waals surface area contributed by atoms with Crippen molar-refractivity contribution in [2.75, 3.05) is 6.54 Å². The van der Waals surface area contributed by atoms with Crippen LogP contribution < -0.4 is 0 Å². The number of aromatic nitrogens is 3. The molecule has 5 nitrogen and oxygen atoms in total. The third-order valence-electron chi connectivity index (χ3n) is 4.20. The first-order valence-corrected chi connectivity index (χ1v) is 7.48. The predicted molar refractivity (Wildman–Crippen MR) is 82.4 cm³/mol. The van der Waals surface area contributed by atoms with E-state index in [-0.39, 0.29) is 11.9 Å². The summed E-state index contributed by atoms with van der Waals surface area (Å²) in [5, 5.41) is 0. The Kier molecular flexibility index (Phi) is 3.11. The molecule has 0 N–H and O–H groups in total. The van der Waals surface area contributed by atoms with Gasteiger partial charge in [0.15, 0.2) is 0 Å². The minimum Gasteiger partial charge on any atom is -0.329 e. The first kappa shape index (κ1) is 13.0. The number of imidazole rings is 1. The van der Waals surface area contributed by atoms with E-state index in [1.807, 2.05) is 35.4 Å². The number of nitrogens with zero attached hydrogens (tertiary/aromatic N) is 4. The Morgan fingerprint density at radius 2 is 2.05 bits per heavy atom. The molecule has 1 saturated heterocycles. The second-order valence-corrected chi connectivity index (χ2v) is 5.48. The molecular formula is C17H16N4O. The molecule has 0 aliphatic carbocycles. The van der Waals surface area contributed by atoms with Gasteiger partial charge in [0.25, 0.3) is 5.91 Å². The molecule has 1 amide bonds. The van der Waals surface area contributed by atoms with E-state index in [0.717, 1.165) is 30.7 Å². The van der Waals surface area contributed by atoms with Crippen LogP contribution in [-0.2, 0) is 0 Å². The Morgan fingerprint density at radius 3 is 2.91 bits per heavy atom. The predicted octanol–water partition coefficient (Wildman–Crippen LogP) is 2.71. The first-order chi connectivity index (χ1) is 10.8. The fourth-order valence-corrected chi connectivity index (χ4v) is 3.19. The minimum absolute atomic E-state index is 0.000202. The van der Waals surface area contributed by atoms with E-state index < -0.39 is 0 Å². The summed E-state index contributed by atoms with van der Waals surface area (Å²) in [6.45, 7) is 0.769. The van der Waals surface area contributed by atoms with Crippen LogP contribution in [0.5, 0.6) is 0 Å². The van der Waals surface area contributed by atoms with E-state index in [1.165, 1.54) is 0 Å². The molecule has 22 heavy (non-hydrogen) atoms. The molecule has 3 aromatic rings. The van der Waals surface area contributed by atoms with Gasteiger partial charge in [0.1, 0.15) is 11.3 Å². The Balaban J connectivity index is 1.72. The zero-order chi connectivity index (χ0) is 14.9. The Labute approximate surface area is 128 Å². The number of likely N-dealkylation sites (tertiary alicyclic amines) is 1. The summed E-state index contributed by atoms with van der Waals surface area (Å²) in [6.07, 6.45) is 7.38. The van der Waals surface area contributed by atoms with Crippen LogP contribution in [0.4, 0.5) is 0 Å². The van der Waals surface area contributed by atoms with Crippen molar-refractivity contribution < 1.29 is 4.79 Å². The number of carbonyl (C=O) groups is 1. The van der Waals surface area contributed by atoms with Gasteiger partial charge in [-0.05, 0) is 37.1 Å². The van der Waals surface area contributed by atoms with Gasteiger partial charge in [-0.2, -0.15) is 0 Å². The van der Waals surface area contributed by atoms with E-state index in [0.29, 0.717) is 5.69 Å². The van der Waals surface area contributed by atoms with Crippen molar-refractivity contribution in [3.63, 3.8) is 0 Å². The molecule has 110 valence electrons. The van der Waals surface area contributed by atoms with E-state index in [2.05, 4.69) is 20.4 Å². The van der Waals surface area contributed by atoms with Gasteiger partial charge in [-0.3, -0.25) is 9.78 Å². The summed E-state index contributed by atoms with van der Waals surface area (Å²) in [7, 11) is 0. The average Bonchev–Trinajstić information content (AvgIpc) is 3.23. The number of pyridine rings is 2. The summed E-state index contributed by atoms with van der Waals surface area (Å²) in [4.78, 5) is 23.2. The van der Waals surface area contributed by atoms with E-state index in [1.54, 1.807) is 18.5 Å². The van der Waals surface area contributed by atoms with E-state index >= 15 is 0 Å². The molecule has 1 fully saturated rings. The maximum atomic E-state index is 12.7. The largest absolute Gasteiger partial charge is 0.329 e. The van der Waals surface area contributed by atoms with Crippen molar-refractivity contribution in [1.82, 2.24) is 19.3 Å². The number of fused-ring (bicyclic) bond motifs is 1. The molecule has 0 bridgehead atoms. The number of rotatable bonds is 2. The summed E-state index contributed by atoms with van der Waals surface area (Å²) in [5.41, 5.74) is 2.53. The molecule has 3 aromatic heterocycles. The highest BCUT2D eigenvalue weighted by Crippen LogP contribution is 2.33. The van der Waals surface area contributed by atoms with Crippen LogP contribution in [0.15, 0.2) is 55.0 Å². The fourth-order valence-electron chi connectivity index (χ4n) is 3.19. The van der Waals surface area contributed by atoms with Gasteiger partial charge in [0.05, 0.1) is 6.04 Å². The van der Waals surface area contributed by atoms with Gasteiger partial charge in [0, 0.05) is 30.8 Å². The molecule has 0 aromatic carbocycles. The van der Waals surface area contributed by atoms with Crippen molar-refractivity contribution in [2.45, 2.75) is 18.9 Å². The minimum atomic E-state index is 0.000202. The Morgan fingerprint density at radius 1 is 1.09 bits per heavy atom. The second-order valence-electron chi connectivity index (χ2n) is 5.48. The molecule has 4 heterocycles. The van der Waals surface area contributed by atoms with Crippen molar-refractivity contribution in [3.05, 3.63) is 66.4 Å². The topological polar surface area (TPSA) is 50.5 Å². The molecule has 0 saturated carbocycles. The average molecular weight is 292 g/mol. The SMILES string of the molecule is O=C(c1ccccn1)N1CCC[C@H]1c1cccc2nccn12. The highest BCUT2D eigenvalue weighted by molar-refractivity contribution is 5.92. The molecule has 1 aliphatic heterocycles. The lowest BCUT2D eigenvalue weighted by molar-refractivity contribution is 0.0726. The summed E-state index contributed by atoms with van der Waals surface area (Å²) < 4.78 is 2.06. The van der Waals surface area contributed by atoms with Crippen molar-refractivity contribution in [2.24, 2.45) is 0 Å². The summed E-state index contributed by atoms with van der Waals surface area (Å²) in [6, 6.07) is 11.6. The van der Waals surface area contributed by atoms with Gasteiger partial charge in [-0.25, -0.2) is 4.98 Å². The monoisotopic (exact) mass is 292 g/mol. The lowest BCUT2D eigenvalue weighted by Crippen LogP contribution is -2.32. The number of hydrogen-bond donors (Lipinski definition) is 0. The highest BCUT2D eigenvalue weighted by atomic mass is 16.2. The highest BCUT2D eigenvalue weighted by Gasteiger charge is 2.32. The van der Waals surface area contributed by atoms with Crippen LogP contribution in [0, 0.1) is 0 Å². The molecule has 0 spiro atoms. The summed E-state index contributed by atoms with van der Waals surface area (Å²) >= 11 is 0. The van der Waals surface area contributed by atoms with Crippen LogP contribution in [0.3, 0.4) is 0 Å². The zero-order valence-electron chi connectivity index (χ0n) is 12.1. The number of carbonyl (C=O) groups excluding carboxylic acids is 1. The van der Waals surface area contributed by atoms with Gasteiger partial charge in [-0.15, -0.1) is 0 Å². The molecule has 5 heteroatoms. The van der Waals surface area contributed by atoms with E-state index in [4.69, 9.17) is 0 Å². The molecule has 1 aliphatic rings. The smallest absolute Gasteiger partial charge is 0.273 e. The lowest BCUT2D eigenvalue weighted by atomic mass is 10.1. The molecule has 4 rings (SSSR count). The lowest BCUT2D eigenvalue weighted by Gasteiger charge is -2.25.